The molecule has 0 saturated heterocycles. The van der Waals surface area contributed by atoms with Crippen LogP contribution in [0.2, 0.25) is 5.02 Å². The topological polar surface area (TPSA) is 84.3 Å². The third-order valence-electron chi connectivity index (χ3n) is 7.54. The summed E-state index contributed by atoms with van der Waals surface area (Å²) in [5.41, 5.74) is 8.76. The molecule has 2 atom stereocenters. The van der Waals surface area contributed by atoms with Crippen molar-refractivity contribution >= 4 is 17.5 Å². The molecular weight excluding hydrogens is 500 g/mol. The second-order valence-corrected chi connectivity index (χ2v) is 10.5. The first-order valence-corrected chi connectivity index (χ1v) is 13.0. The van der Waals surface area contributed by atoms with Crippen LogP contribution in [0.3, 0.4) is 0 Å². The van der Waals surface area contributed by atoms with Gasteiger partial charge in [-0.2, -0.15) is 5.10 Å². The van der Waals surface area contributed by atoms with Crippen molar-refractivity contribution in [1.29, 1.82) is 0 Å². The van der Waals surface area contributed by atoms with Gasteiger partial charge in [-0.05, 0) is 86.2 Å². The van der Waals surface area contributed by atoms with Gasteiger partial charge in [0.15, 0.2) is 0 Å². The first-order chi connectivity index (χ1) is 18.3. The number of halogens is 1. The van der Waals surface area contributed by atoms with Crippen molar-refractivity contribution in [3.8, 4) is 11.4 Å². The van der Waals surface area contributed by atoms with E-state index in [1.54, 1.807) is 30.3 Å². The van der Waals surface area contributed by atoms with E-state index in [1.807, 2.05) is 31.2 Å². The van der Waals surface area contributed by atoms with E-state index >= 15 is 0 Å². The minimum atomic E-state index is -0.628. The molecule has 0 spiro atoms. The lowest BCUT2D eigenvalue weighted by Crippen LogP contribution is -2.51. The molecule has 0 radical (unpaired) electrons. The average molecular weight is 529 g/mol. The average Bonchev–Trinajstić information content (AvgIpc) is 3.51. The van der Waals surface area contributed by atoms with Crippen molar-refractivity contribution in [3.05, 3.63) is 106 Å². The molecule has 3 aromatic rings. The number of benzene rings is 2. The Morgan fingerprint density at radius 1 is 1.21 bits per heavy atom. The molecule has 8 nitrogen and oxygen atoms in total. The zero-order valence-corrected chi connectivity index (χ0v) is 22.3. The molecule has 1 fully saturated rings. The first-order valence-electron chi connectivity index (χ1n) is 12.7. The van der Waals surface area contributed by atoms with Crippen LogP contribution >= 0.6 is 11.6 Å². The summed E-state index contributed by atoms with van der Waals surface area (Å²) in [6.45, 7) is 3.91. The molecular formula is C29H29ClN6O2. The number of hydrogen-bond acceptors (Lipinski definition) is 6. The maximum atomic E-state index is 13.8. The number of fused-ring (bicyclic) bond motifs is 2. The summed E-state index contributed by atoms with van der Waals surface area (Å²) in [6, 6.07) is 13.5. The van der Waals surface area contributed by atoms with Gasteiger partial charge in [-0.3, -0.25) is 9.80 Å². The van der Waals surface area contributed by atoms with E-state index in [1.165, 1.54) is 11.1 Å². The molecule has 38 heavy (non-hydrogen) atoms. The Morgan fingerprint density at radius 3 is 2.84 bits per heavy atom. The number of rotatable bonds is 5. The molecule has 1 aliphatic carbocycles. The molecule has 9 heteroatoms. The Kier molecular flexibility index (Phi) is 6.08. The van der Waals surface area contributed by atoms with E-state index in [0.717, 1.165) is 35.5 Å². The standard InChI is InChI=1S/C29H29ClN6O2/c1-18-7-10-27-24-15-29(12-11-26(24)34-35(27)16-18,20-5-4-6-22(13-20)38-3)32-28(37)23-9-8-21(14-25(23)30)36-17-31-19(2)33-36/h4-10,13-14,16-17,26,34H,11-12,15H2,1-3H3,(H,32,37). The quantitative estimate of drug-likeness (QED) is 0.487. The number of carbonyl (C=O) groups is 1. The van der Waals surface area contributed by atoms with Gasteiger partial charge in [0.05, 0.1) is 40.7 Å². The van der Waals surface area contributed by atoms with E-state index in [4.69, 9.17) is 16.3 Å². The molecule has 3 aliphatic rings. The smallest absolute Gasteiger partial charge is 0.253 e. The lowest BCUT2D eigenvalue weighted by molar-refractivity contribution is 0.0875. The number of hydrogen-bond donors (Lipinski definition) is 2. The summed E-state index contributed by atoms with van der Waals surface area (Å²) in [7, 11) is 1.66. The van der Waals surface area contributed by atoms with Gasteiger partial charge < -0.3 is 10.1 Å². The van der Waals surface area contributed by atoms with Crippen molar-refractivity contribution < 1.29 is 9.53 Å². The van der Waals surface area contributed by atoms with Gasteiger partial charge in [0.2, 0.25) is 0 Å². The van der Waals surface area contributed by atoms with Crippen LogP contribution < -0.4 is 15.5 Å². The number of allylic oxidation sites excluding steroid dienone is 3. The van der Waals surface area contributed by atoms with Crippen molar-refractivity contribution in [3.63, 3.8) is 0 Å². The van der Waals surface area contributed by atoms with Gasteiger partial charge in [0.25, 0.3) is 5.91 Å². The Morgan fingerprint density at radius 2 is 2.08 bits per heavy atom. The van der Waals surface area contributed by atoms with Gasteiger partial charge in [-0.15, -0.1) is 0 Å². The van der Waals surface area contributed by atoms with E-state index < -0.39 is 5.54 Å². The summed E-state index contributed by atoms with van der Waals surface area (Å²) in [5, 5.41) is 10.2. The molecule has 0 bridgehead atoms. The van der Waals surface area contributed by atoms with Crippen LogP contribution in [0.25, 0.3) is 5.69 Å². The van der Waals surface area contributed by atoms with Gasteiger partial charge in [-0.1, -0.05) is 29.8 Å². The number of aryl methyl sites for hydroxylation is 1. The van der Waals surface area contributed by atoms with E-state index in [0.29, 0.717) is 22.8 Å². The second kappa shape index (κ2) is 9.45. The molecule has 1 aromatic heterocycles. The number of hydrazine groups is 1. The molecule has 2 aliphatic heterocycles. The molecule has 2 aromatic carbocycles. The minimum absolute atomic E-state index is 0.221. The third-order valence-corrected chi connectivity index (χ3v) is 7.85. The number of carbonyl (C=O) groups excluding carboxylic acids is 1. The Labute approximate surface area is 226 Å². The summed E-state index contributed by atoms with van der Waals surface area (Å²) >= 11 is 6.65. The predicted molar refractivity (Wildman–Crippen MR) is 146 cm³/mol. The Bertz CT molecular complexity index is 1520. The highest BCUT2D eigenvalue weighted by atomic mass is 35.5. The van der Waals surface area contributed by atoms with Crippen LogP contribution in [0.1, 0.15) is 47.9 Å². The third kappa shape index (κ3) is 4.29. The highest BCUT2D eigenvalue weighted by Gasteiger charge is 2.45. The fourth-order valence-corrected chi connectivity index (χ4v) is 5.85. The van der Waals surface area contributed by atoms with E-state index in [9.17, 15) is 4.79 Å². The molecule has 1 saturated carbocycles. The highest BCUT2D eigenvalue weighted by Crippen LogP contribution is 2.45. The number of amides is 1. The summed E-state index contributed by atoms with van der Waals surface area (Å²) in [5.74, 6) is 1.19. The first kappa shape index (κ1) is 24.5. The number of aromatic nitrogens is 3. The highest BCUT2D eigenvalue weighted by molar-refractivity contribution is 6.34. The van der Waals surface area contributed by atoms with E-state index in [-0.39, 0.29) is 11.9 Å². The number of methoxy groups -OCH3 is 1. The predicted octanol–water partition coefficient (Wildman–Crippen LogP) is 4.96. The Balaban J connectivity index is 1.36. The maximum Gasteiger partial charge on any atom is 0.253 e. The normalized spacial score (nSPS) is 22.2. The lowest BCUT2D eigenvalue weighted by Gasteiger charge is -2.41. The van der Waals surface area contributed by atoms with Gasteiger partial charge in [-0.25, -0.2) is 15.1 Å². The molecule has 3 heterocycles. The van der Waals surface area contributed by atoms with Gasteiger partial charge in [0.1, 0.15) is 17.9 Å². The molecule has 2 unspecified atom stereocenters. The van der Waals surface area contributed by atoms with Crippen molar-refractivity contribution in [2.45, 2.75) is 44.7 Å². The lowest BCUT2D eigenvalue weighted by atomic mass is 9.72. The summed E-state index contributed by atoms with van der Waals surface area (Å²) in [6.07, 6.45) is 10.3. The number of ether oxygens (including phenoxy) is 1. The van der Waals surface area contributed by atoms with Crippen LogP contribution in [0.15, 0.2) is 84.0 Å². The molecule has 6 rings (SSSR count). The van der Waals surface area contributed by atoms with Crippen LogP contribution in [0, 0.1) is 6.92 Å². The monoisotopic (exact) mass is 528 g/mol. The Hall–Kier alpha value is -3.88. The second-order valence-electron chi connectivity index (χ2n) is 10.1. The number of nitrogens with zero attached hydrogens (tertiary/aromatic N) is 4. The van der Waals surface area contributed by atoms with Crippen molar-refractivity contribution in [1.82, 2.24) is 30.5 Å². The summed E-state index contributed by atoms with van der Waals surface area (Å²) < 4.78 is 7.18. The SMILES string of the molecule is COc1cccc(C2(NC(=O)c3ccc(-n4cnc(C)n4)cc3Cl)CCC3NN4C=C(C)C=CC4=C3C2)c1. The zero-order valence-electron chi connectivity index (χ0n) is 21.5. The van der Waals surface area contributed by atoms with Crippen LogP contribution in [0.5, 0.6) is 5.75 Å². The molecule has 2 N–H and O–H groups in total. The fraction of sp³-hybridized carbons (Fsp3) is 0.276. The van der Waals surface area contributed by atoms with Crippen LogP contribution in [-0.4, -0.2) is 38.8 Å². The van der Waals surface area contributed by atoms with Crippen molar-refractivity contribution in [2.24, 2.45) is 0 Å². The minimum Gasteiger partial charge on any atom is -0.497 e. The fourth-order valence-electron chi connectivity index (χ4n) is 5.59. The molecule has 1 amide bonds. The number of nitrogens with one attached hydrogen (secondary N) is 2. The van der Waals surface area contributed by atoms with Crippen LogP contribution in [0.4, 0.5) is 0 Å². The van der Waals surface area contributed by atoms with E-state index in [2.05, 4.69) is 57.2 Å². The zero-order chi connectivity index (χ0) is 26.4. The van der Waals surface area contributed by atoms with Crippen LogP contribution in [-0.2, 0) is 5.54 Å². The van der Waals surface area contributed by atoms with Gasteiger partial charge in [0, 0.05) is 6.20 Å². The van der Waals surface area contributed by atoms with Crippen molar-refractivity contribution in [2.75, 3.05) is 7.11 Å². The molecule has 194 valence electrons. The largest absolute Gasteiger partial charge is 0.497 e. The van der Waals surface area contributed by atoms with Gasteiger partial charge >= 0.3 is 0 Å². The summed E-state index contributed by atoms with van der Waals surface area (Å²) in [4.78, 5) is 18.0. The maximum absolute atomic E-state index is 13.8.